The summed E-state index contributed by atoms with van der Waals surface area (Å²) in [5.41, 5.74) is 2.13. The van der Waals surface area contributed by atoms with Crippen LogP contribution < -0.4 is 5.32 Å². The number of hydrogen-bond donors (Lipinski definition) is 2. The van der Waals surface area contributed by atoms with Gasteiger partial charge in [-0.05, 0) is 56.4 Å². The summed E-state index contributed by atoms with van der Waals surface area (Å²) in [7, 11) is 0. The van der Waals surface area contributed by atoms with Crippen molar-refractivity contribution < 1.29 is 14.7 Å². The van der Waals surface area contributed by atoms with Gasteiger partial charge in [-0.2, -0.15) is 0 Å². The van der Waals surface area contributed by atoms with Gasteiger partial charge in [-0.25, -0.2) is 0 Å². The van der Waals surface area contributed by atoms with Crippen LogP contribution in [0.15, 0.2) is 24.3 Å². The van der Waals surface area contributed by atoms with Gasteiger partial charge in [0.2, 0.25) is 5.91 Å². The van der Waals surface area contributed by atoms with Crippen LogP contribution in [0.3, 0.4) is 0 Å². The molecule has 4 nitrogen and oxygen atoms in total. The molecule has 23 heavy (non-hydrogen) atoms. The standard InChI is InChI=1S/C19H25NO3/c1-12-3-2-4-13(9-12)10-16(19(22)23)11-20-18(21)17(14-5-6-14)15-7-8-15/h2-4,9,14-17H,5-8,10-11H2,1H3,(H,20,21)(H,22,23). The van der Waals surface area contributed by atoms with E-state index < -0.39 is 11.9 Å². The van der Waals surface area contributed by atoms with Crippen LogP contribution in [0.1, 0.15) is 36.8 Å². The van der Waals surface area contributed by atoms with Crippen molar-refractivity contribution in [3.8, 4) is 0 Å². The van der Waals surface area contributed by atoms with Crippen LogP contribution in [0, 0.1) is 30.6 Å². The molecule has 0 heterocycles. The van der Waals surface area contributed by atoms with Crippen LogP contribution in [-0.2, 0) is 16.0 Å². The van der Waals surface area contributed by atoms with Crippen molar-refractivity contribution in [2.45, 2.75) is 39.0 Å². The molecule has 0 bridgehead atoms. The third-order valence-electron chi connectivity index (χ3n) is 5.00. The predicted octanol–water partition coefficient (Wildman–Crippen LogP) is 2.79. The number of aliphatic carboxylic acids is 1. The molecule has 3 rings (SSSR count). The zero-order chi connectivity index (χ0) is 16.4. The highest BCUT2D eigenvalue weighted by Gasteiger charge is 2.45. The summed E-state index contributed by atoms with van der Waals surface area (Å²) in [5, 5.41) is 12.4. The molecule has 2 N–H and O–H groups in total. The van der Waals surface area contributed by atoms with E-state index in [9.17, 15) is 14.7 Å². The van der Waals surface area contributed by atoms with E-state index in [4.69, 9.17) is 0 Å². The number of carboxylic acid groups (broad SMARTS) is 1. The molecular formula is C19H25NO3. The van der Waals surface area contributed by atoms with Crippen LogP contribution in [0.25, 0.3) is 0 Å². The first-order chi connectivity index (χ1) is 11.0. The lowest BCUT2D eigenvalue weighted by molar-refractivity contribution is -0.141. The number of nitrogens with one attached hydrogen (secondary N) is 1. The largest absolute Gasteiger partial charge is 0.481 e. The molecular weight excluding hydrogens is 290 g/mol. The number of aryl methyl sites for hydroxylation is 1. The number of benzene rings is 1. The molecule has 0 aromatic heterocycles. The molecule has 2 aliphatic rings. The molecule has 0 saturated heterocycles. The molecule has 1 amide bonds. The molecule has 0 aliphatic heterocycles. The Kier molecular flexibility index (Phi) is 4.69. The SMILES string of the molecule is Cc1cccc(CC(CNC(=O)C(C2CC2)C2CC2)C(=O)O)c1. The predicted molar refractivity (Wildman–Crippen MR) is 88.0 cm³/mol. The van der Waals surface area contributed by atoms with E-state index in [1.807, 2.05) is 31.2 Å². The van der Waals surface area contributed by atoms with Gasteiger partial charge in [0.25, 0.3) is 0 Å². The maximum atomic E-state index is 12.4. The Labute approximate surface area is 137 Å². The number of hydrogen-bond acceptors (Lipinski definition) is 2. The summed E-state index contributed by atoms with van der Waals surface area (Å²) in [4.78, 5) is 23.9. The van der Waals surface area contributed by atoms with Crippen molar-refractivity contribution in [3.05, 3.63) is 35.4 Å². The molecule has 2 saturated carbocycles. The van der Waals surface area contributed by atoms with Gasteiger partial charge in [-0.15, -0.1) is 0 Å². The number of amides is 1. The molecule has 124 valence electrons. The zero-order valence-corrected chi connectivity index (χ0v) is 13.6. The second kappa shape index (κ2) is 6.73. The van der Waals surface area contributed by atoms with Crippen molar-refractivity contribution in [1.82, 2.24) is 5.32 Å². The van der Waals surface area contributed by atoms with Crippen molar-refractivity contribution >= 4 is 11.9 Å². The lowest BCUT2D eigenvalue weighted by Gasteiger charge is -2.18. The molecule has 2 fully saturated rings. The Morgan fingerprint density at radius 3 is 2.39 bits per heavy atom. The molecule has 0 radical (unpaired) electrons. The first kappa shape index (κ1) is 16.0. The van der Waals surface area contributed by atoms with Crippen LogP contribution in [-0.4, -0.2) is 23.5 Å². The maximum absolute atomic E-state index is 12.4. The Morgan fingerprint density at radius 2 is 1.87 bits per heavy atom. The quantitative estimate of drug-likeness (QED) is 0.775. The fourth-order valence-corrected chi connectivity index (χ4v) is 3.44. The summed E-state index contributed by atoms with van der Waals surface area (Å²) in [6.45, 7) is 2.22. The summed E-state index contributed by atoms with van der Waals surface area (Å²) >= 11 is 0. The van der Waals surface area contributed by atoms with Crippen molar-refractivity contribution in [2.24, 2.45) is 23.7 Å². The summed E-state index contributed by atoms with van der Waals surface area (Å²) < 4.78 is 0. The summed E-state index contributed by atoms with van der Waals surface area (Å²) in [6, 6.07) is 7.90. The van der Waals surface area contributed by atoms with E-state index in [-0.39, 0.29) is 18.4 Å². The molecule has 4 heteroatoms. The summed E-state index contributed by atoms with van der Waals surface area (Å²) in [6.07, 6.45) is 5.07. The molecule has 1 aromatic rings. The zero-order valence-electron chi connectivity index (χ0n) is 13.6. The molecule has 1 aromatic carbocycles. The highest BCUT2D eigenvalue weighted by molar-refractivity contribution is 5.81. The number of carboxylic acids is 1. The topological polar surface area (TPSA) is 66.4 Å². The maximum Gasteiger partial charge on any atom is 0.308 e. The van der Waals surface area contributed by atoms with Gasteiger partial charge in [0, 0.05) is 12.5 Å². The van der Waals surface area contributed by atoms with E-state index in [1.54, 1.807) is 0 Å². The minimum absolute atomic E-state index is 0.0745. The number of carbonyl (C=O) groups is 2. The third kappa shape index (κ3) is 4.34. The van der Waals surface area contributed by atoms with Gasteiger partial charge in [0.15, 0.2) is 0 Å². The first-order valence-corrected chi connectivity index (χ1v) is 8.60. The average molecular weight is 315 g/mol. The lowest BCUT2D eigenvalue weighted by Crippen LogP contribution is -2.39. The van der Waals surface area contributed by atoms with Crippen LogP contribution in [0.4, 0.5) is 0 Å². The van der Waals surface area contributed by atoms with E-state index in [0.29, 0.717) is 18.3 Å². The smallest absolute Gasteiger partial charge is 0.308 e. The Morgan fingerprint density at radius 1 is 1.22 bits per heavy atom. The van der Waals surface area contributed by atoms with Crippen LogP contribution in [0.2, 0.25) is 0 Å². The second-order valence-corrected chi connectivity index (χ2v) is 7.17. The Bertz CT molecular complexity index is 578. The highest BCUT2D eigenvalue weighted by Crippen LogP contribution is 2.49. The minimum Gasteiger partial charge on any atom is -0.481 e. The van der Waals surface area contributed by atoms with E-state index >= 15 is 0 Å². The highest BCUT2D eigenvalue weighted by atomic mass is 16.4. The third-order valence-corrected chi connectivity index (χ3v) is 5.00. The second-order valence-electron chi connectivity index (χ2n) is 7.17. The van der Waals surface area contributed by atoms with Crippen molar-refractivity contribution in [3.63, 3.8) is 0 Å². The molecule has 2 aliphatic carbocycles. The van der Waals surface area contributed by atoms with Gasteiger partial charge in [-0.3, -0.25) is 9.59 Å². The Hall–Kier alpha value is -1.84. The van der Waals surface area contributed by atoms with E-state index in [1.165, 1.54) is 0 Å². The van der Waals surface area contributed by atoms with Gasteiger partial charge >= 0.3 is 5.97 Å². The van der Waals surface area contributed by atoms with Crippen LogP contribution >= 0.6 is 0 Å². The fraction of sp³-hybridized carbons (Fsp3) is 0.579. The van der Waals surface area contributed by atoms with Gasteiger partial charge in [-0.1, -0.05) is 29.8 Å². The normalized spacial score (nSPS) is 18.7. The lowest BCUT2D eigenvalue weighted by atomic mass is 9.95. The van der Waals surface area contributed by atoms with E-state index in [0.717, 1.165) is 36.8 Å². The minimum atomic E-state index is -0.846. The molecule has 1 unspecified atom stereocenters. The molecule has 1 atom stereocenters. The first-order valence-electron chi connectivity index (χ1n) is 8.60. The van der Waals surface area contributed by atoms with Gasteiger partial charge < -0.3 is 10.4 Å². The van der Waals surface area contributed by atoms with Crippen LogP contribution in [0.5, 0.6) is 0 Å². The average Bonchev–Trinajstić information content (AvgIpc) is 3.38. The number of carbonyl (C=O) groups excluding carboxylic acids is 1. The van der Waals surface area contributed by atoms with Crippen molar-refractivity contribution in [1.29, 1.82) is 0 Å². The molecule has 0 spiro atoms. The van der Waals surface area contributed by atoms with Gasteiger partial charge in [0.1, 0.15) is 0 Å². The van der Waals surface area contributed by atoms with Crippen molar-refractivity contribution in [2.75, 3.05) is 6.54 Å². The summed E-state index contributed by atoms with van der Waals surface area (Å²) in [5.74, 6) is -0.125. The van der Waals surface area contributed by atoms with Gasteiger partial charge in [0.05, 0.1) is 5.92 Å². The van der Waals surface area contributed by atoms with E-state index in [2.05, 4.69) is 5.32 Å². The fourth-order valence-electron chi connectivity index (χ4n) is 3.44. The monoisotopic (exact) mass is 315 g/mol. The Balaban J connectivity index is 1.56. The number of rotatable bonds is 8.